The van der Waals surface area contributed by atoms with E-state index in [4.69, 9.17) is 0 Å². The molecule has 1 nitrogen and oxygen atoms in total. The third-order valence-corrected chi connectivity index (χ3v) is 12.8. The molecule has 1 spiro atoms. The molecule has 0 unspecified atom stereocenters. The molecule has 0 atom stereocenters. The molecule has 5 aliphatic carbocycles. The Morgan fingerprint density at radius 3 is 1.87 bits per heavy atom. The minimum absolute atomic E-state index is 0.146. The second-order valence-electron chi connectivity index (χ2n) is 15.0. The molecule has 226 valence electrons. The van der Waals surface area contributed by atoms with Gasteiger partial charge in [0.15, 0.2) is 0 Å². The summed E-state index contributed by atoms with van der Waals surface area (Å²) in [6, 6.07) is 53.0. The van der Waals surface area contributed by atoms with Crippen molar-refractivity contribution in [3.8, 4) is 11.1 Å². The molecule has 0 amide bonds. The molecule has 0 aromatic heterocycles. The molecule has 0 saturated heterocycles. The van der Waals surface area contributed by atoms with Crippen LogP contribution < -0.4 is 4.90 Å². The molecular weight excluding hydrogens is 567 g/mol. The van der Waals surface area contributed by atoms with Gasteiger partial charge in [0.2, 0.25) is 0 Å². The van der Waals surface area contributed by atoms with Crippen LogP contribution in [-0.4, -0.2) is 0 Å². The minimum atomic E-state index is 0.146. The van der Waals surface area contributed by atoms with E-state index in [1.54, 1.807) is 11.1 Å². The van der Waals surface area contributed by atoms with E-state index in [2.05, 4.69) is 144 Å². The van der Waals surface area contributed by atoms with Crippen LogP contribution in [-0.2, 0) is 5.41 Å². The third kappa shape index (κ3) is 3.55. The normalized spacial score (nSPS) is 25.1. The molecule has 0 radical (unpaired) electrons. The van der Waals surface area contributed by atoms with E-state index in [1.807, 2.05) is 0 Å². The first-order valence-electron chi connectivity index (χ1n) is 17.7. The lowest BCUT2D eigenvalue weighted by Gasteiger charge is -2.61. The van der Waals surface area contributed by atoms with Gasteiger partial charge in [0.25, 0.3) is 0 Å². The standard InChI is InChI=1S/C46H37N/c1-2-10-33-27-37(19-18-31(33)8-1)47(38-20-21-40-34(28-38)17-16-32-9-3-4-11-39(32)40)44-15-7-14-43-45(44)41-12-5-6-13-42(41)46(43)35-23-29-22-30(25-35)26-36(46)24-29/h1-21,27-30,35-36H,22-26H2. The summed E-state index contributed by atoms with van der Waals surface area (Å²) < 4.78 is 0. The maximum atomic E-state index is 2.56. The molecule has 12 rings (SSSR count). The summed E-state index contributed by atoms with van der Waals surface area (Å²) in [5.74, 6) is 3.37. The highest BCUT2D eigenvalue weighted by atomic mass is 15.1. The molecule has 7 aromatic carbocycles. The quantitative estimate of drug-likeness (QED) is 0.182. The SMILES string of the molecule is c1ccc2c(c1)-c1c(N(c3ccc4ccccc4c3)c3ccc4c(ccc5ccccc54)c3)cccc1C21C2CC3CC(C2)CC1C3. The van der Waals surface area contributed by atoms with Gasteiger partial charge in [-0.2, -0.15) is 0 Å². The number of nitrogens with zero attached hydrogens (tertiary/aromatic N) is 1. The van der Waals surface area contributed by atoms with Gasteiger partial charge in [0.1, 0.15) is 0 Å². The lowest BCUT2D eigenvalue weighted by Crippen LogP contribution is -2.55. The van der Waals surface area contributed by atoms with Gasteiger partial charge in [-0.25, -0.2) is 0 Å². The van der Waals surface area contributed by atoms with Crippen LogP contribution in [0.3, 0.4) is 0 Å². The predicted octanol–water partition coefficient (Wildman–Crippen LogP) is 12.3. The van der Waals surface area contributed by atoms with Crippen LogP contribution in [0.2, 0.25) is 0 Å². The zero-order valence-electron chi connectivity index (χ0n) is 26.6. The smallest absolute Gasteiger partial charge is 0.0543 e. The Bertz CT molecular complexity index is 2370. The zero-order valence-corrected chi connectivity index (χ0v) is 26.6. The average Bonchev–Trinajstić information content (AvgIpc) is 3.42. The summed E-state index contributed by atoms with van der Waals surface area (Å²) in [6.45, 7) is 0. The van der Waals surface area contributed by atoms with Crippen LogP contribution >= 0.6 is 0 Å². The fourth-order valence-corrected chi connectivity index (χ4v) is 11.3. The van der Waals surface area contributed by atoms with E-state index in [0.29, 0.717) is 0 Å². The first kappa shape index (κ1) is 26.2. The van der Waals surface area contributed by atoms with Gasteiger partial charge in [0, 0.05) is 22.4 Å². The number of fused-ring (bicyclic) bond motifs is 7. The van der Waals surface area contributed by atoms with Crippen molar-refractivity contribution in [3.63, 3.8) is 0 Å². The Morgan fingerprint density at radius 2 is 1.04 bits per heavy atom. The molecule has 4 bridgehead atoms. The van der Waals surface area contributed by atoms with Gasteiger partial charge in [0.05, 0.1) is 5.69 Å². The third-order valence-electron chi connectivity index (χ3n) is 12.8. The second-order valence-corrected chi connectivity index (χ2v) is 15.0. The maximum Gasteiger partial charge on any atom is 0.0543 e. The largest absolute Gasteiger partial charge is 0.310 e. The van der Waals surface area contributed by atoms with Crippen LogP contribution in [0.4, 0.5) is 17.1 Å². The molecule has 5 aliphatic rings. The number of hydrogen-bond donors (Lipinski definition) is 0. The van der Waals surface area contributed by atoms with Crippen molar-refractivity contribution in [1.82, 2.24) is 0 Å². The maximum absolute atomic E-state index is 2.56. The Morgan fingerprint density at radius 1 is 0.447 bits per heavy atom. The van der Waals surface area contributed by atoms with Crippen molar-refractivity contribution in [1.29, 1.82) is 0 Å². The fraction of sp³-hybridized carbons (Fsp3) is 0.217. The fourth-order valence-electron chi connectivity index (χ4n) is 11.3. The Hall–Kier alpha value is -4.88. The summed E-state index contributed by atoms with van der Waals surface area (Å²) in [5, 5.41) is 7.73. The molecule has 0 heterocycles. The summed E-state index contributed by atoms with van der Waals surface area (Å²) >= 11 is 0. The molecule has 7 aromatic rings. The monoisotopic (exact) mass is 603 g/mol. The van der Waals surface area contributed by atoms with Crippen LogP contribution in [0.25, 0.3) is 43.4 Å². The van der Waals surface area contributed by atoms with Crippen molar-refractivity contribution >= 4 is 49.4 Å². The van der Waals surface area contributed by atoms with E-state index >= 15 is 0 Å². The van der Waals surface area contributed by atoms with E-state index in [9.17, 15) is 0 Å². The highest BCUT2D eigenvalue weighted by molar-refractivity contribution is 6.09. The number of benzene rings is 7. The predicted molar refractivity (Wildman–Crippen MR) is 197 cm³/mol. The van der Waals surface area contributed by atoms with E-state index in [-0.39, 0.29) is 5.41 Å². The molecule has 0 N–H and O–H groups in total. The number of hydrogen-bond acceptors (Lipinski definition) is 1. The van der Waals surface area contributed by atoms with Crippen LogP contribution in [0, 0.1) is 23.7 Å². The molecule has 47 heavy (non-hydrogen) atoms. The summed E-state index contributed by atoms with van der Waals surface area (Å²) in [6.07, 6.45) is 7.08. The van der Waals surface area contributed by atoms with E-state index in [1.165, 1.54) is 92.6 Å². The van der Waals surface area contributed by atoms with Crippen LogP contribution in [0.1, 0.15) is 43.2 Å². The van der Waals surface area contributed by atoms with Gasteiger partial charge in [-0.15, -0.1) is 0 Å². The minimum Gasteiger partial charge on any atom is -0.310 e. The van der Waals surface area contributed by atoms with Crippen LogP contribution in [0.15, 0.2) is 140 Å². The summed E-state index contributed by atoms with van der Waals surface area (Å²) in [7, 11) is 0. The average molecular weight is 604 g/mol. The van der Waals surface area contributed by atoms with Gasteiger partial charge in [-0.05, 0) is 135 Å². The second kappa shape index (κ2) is 9.58. The molecule has 0 aliphatic heterocycles. The van der Waals surface area contributed by atoms with E-state index in [0.717, 1.165) is 23.7 Å². The molecule has 4 saturated carbocycles. The lowest BCUT2D eigenvalue weighted by atomic mass is 9.43. The number of anilines is 3. The van der Waals surface area contributed by atoms with Crippen molar-refractivity contribution in [2.45, 2.75) is 37.5 Å². The molecule has 1 heteroatoms. The van der Waals surface area contributed by atoms with Crippen molar-refractivity contribution < 1.29 is 0 Å². The van der Waals surface area contributed by atoms with Gasteiger partial charge >= 0.3 is 0 Å². The molecule has 4 fully saturated rings. The topological polar surface area (TPSA) is 3.24 Å². The highest BCUT2D eigenvalue weighted by Gasteiger charge is 2.61. The van der Waals surface area contributed by atoms with Crippen LogP contribution in [0.5, 0.6) is 0 Å². The Balaban J connectivity index is 1.18. The Labute approximate surface area is 276 Å². The van der Waals surface area contributed by atoms with Crippen molar-refractivity contribution in [2.24, 2.45) is 23.7 Å². The Kier molecular flexibility index (Phi) is 5.34. The first-order chi connectivity index (χ1) is 23.3. The van der Waals surface area contributed by atoms with E-state index < -0.39 is 0 Å². The van der Waals surface area contributed by atoms with Gasteiger partial charge in [-0.3, -0.25) is 0 Å². The van der Waals surface area contributed by atoms with Crippen molar-refractivity contribution in [2.75, 3.05) is 4.90 Å². The summed E-state index contributed by atoms with van der Waals surface area (Å²) in [5.41, 5.74) is 10.00. The highest BCUT2D eigenvalue weighted by Crippen LogP contribution is 2.70. The van der Waals surface area contributed by atoms with Crippen molar-refractivity contribution in [3.05, 3.63) is 151 Å². The zero-order chi connectivity index (χ0) is 30.7. The van der Waals surface area contributed by atoms with Gasteiger partial charge < -0.3 is 4.90 Å². The number of rotatable bonds is 3. The molecular formula is C46H37N. The lowest BCUT2D eigenvalue weighted by molar-refractivity contribution is -0.0399. The summed E-state index contributed by atoms with van der Waals surface area (Å²) in [4.78, 5) is 2.56. The first-order valence-corrected chi connectivity index (χ1v) is 17.7. The van der Waals surface area contributed by atoms with Gasteiger partial charge in [-0.1, -0.05) is 109 Å².